The first-order valence-corrected chi connectivity index (χ1v) is 6.53. The third-order valence-electron chi connectivity index (χ3n) is 3.22. The summed E-state index contributed by atoms with van der Waals surface area (Å²) >= 11 is 0. The molecule has 0 amide bonds. The van der Waals surface area contributed by atoms with Crippen LogP contribution in [0.25, 0.3) is 0 Å². The van der Waals surface area contributed by atoms with E-state index < -0.39 is 36.4 Å². The van der Waals surface area contributed by atoms with Crippen LogP contribution in [-0.4, -0.2) is 56.5 Å². The van der Waals surface area contributed by atoms with Crippen molar-refractivity contribution in [2.75, 3.05) is 0 Å². The minimum atomic E-state index is -2.20. The molecular formula is C12H22N2O7Pt+2. The second-order valence-electron chi connectivity index (χ2n) is 4.94. The van der Waals surface area contributed by atoms with Crippen molar-refractivity contribution in [3.8, 4) is 0 Å². The molecule has 130 valence electrons. The Hall–Kier alpha value is -1.02. The van der Waals surface area contributed by atoms with Crippen LogP contribution in [0.1, 0.15) is 32.1 Å². The summed E-state index contributed by atoms with van der Waals surface area (Å²) in [6.07, 6.45) is 1.67. The zero-order valence-electron chi connectivity index (χ0n) is 11.8. The van der Waals surface area contributed by atoms with Crippen molar-refractivity contribution in [1.82, 2.24) is 0 Å². The molecule has 10 heteroatoms. The van der Waals surface area contributed by atoms with E-state index >= 15 is 0 Å². The zero-order valence-corrected chi connectivity index (χ0v) is 14.1. The molecular weight excluding hydrogens is 479 g/mol. The summed E-state index contributed by atoms with van der Waals surface area (Å²) in [5, 5.41) is 33.5. The largest absolute Gasteiger partial charge is 2.00 e. The second-order valence-corrected chi connectivity index (χ2v) is 4.94. The van der Waals surface area contributed by atoms with E-state index in [9.17, 15) is 14.4 Å². The molecule has 1 aliphatic carbocycles. The number of carbonyl (C=O) groups is 3. The number of aliphatic hydroxyl groups excluding tert-OH is 1. The smallest absolute Gasteiger partial charge is 0.481 e. The van der Waals surface area contributed by atoms with Crippen LogP contribution in [-0.2, 0) is 35.4 Å². The van der Waals surface area contributed by atoms with Gasteiger partial charge in [-0.05, 0) is 12.8 Å². The Labute approximate surface area is 141 Å². The molecule has 0 saturated heterocycles. The molecule has 0 aromatic heterocycles. The number of nitrogens with two attached hydrogens (primary N) is 2. The Bertz CT molecular complexity index is 370. The Balaban J connectivity index is 0. The molecule has 0 aliphatic heterocycles. The van der Waals surface area contributed by atoms with E-state index in [1.54, 1.807) is 0 Å². The van der Waals surface area contributed by atoms with E-state index in [-0.39, 0.29) is 33.1 Å². The summed E-state index contributed by atoms with van der Waals surface area (Å²) in [5.41, 5.74) is 11.3. The molecule has 1 rings (SSSR count). The first-order valence-electron chi connectivity index (χ1n) is 6.53. The normalized spacial score (nSPS) is 23.0. The fourth-order valence-corrected chi connectivity index (χ4v) is 1.88. The molecule has 1 saturated carbocycles. The molecule has 22 heavy (non-hydrogen) atoms. The molecule has 1 aliphatic rings. The van der Waals surface area contributed by atoms with E-state index in [0.717, 1.165) is 12.8 Å². The fourth-order valence-electron chi connectivity index (χ4n) is 1.88. The van der Waals surface area contributed by atoms with Gasteiger partial charge < -0.3 is 31.9 Å². The van der Waals surface area contributed by atoms with Gasteiger partial charge in [0, 0.05) is 12.1 Å². The summed E-state index contributed by atoms with van der Waals surface area (Å²) in [7, 11) is 0. The van der Waals surface area contributed by atoms with Gasteiger partial charge in [-0.2, -0.15) is 0 Å². The van der Waals surface area contributed by atoms with Crippen molar-refractivity contribution >= 4 is 17.9 Å². The summed E-state index contributed by atoms with van der Waals surface area (Å²) in [5.74, 6) is -6.71. The maximum absolute atomic E-state index is 10.3. The number of hydrogen-bond donors (Lipinski definition) is 6. The van der Waals surface area contributed by atoms with Crippen molar-refractivity contribution in [3.05, 3.63) is 0 Å². The predicted octanol–water partition coefficient (Wildman–Crippen LogP) is -1.18. The van der Waals surface area contributed by atoms with Gasteiger partial charge in [-0.25, -0.2) is 4.79 Å². The standard InChI is InChI=1S/C6H14N2.C6H8O7.Pt/c7-5-3-1-2-4-6(5)8;7-3(8)1-2(5(10)11)4(9)6(12)13;/h5-6H,1-4,7-8H2;2,4,9H,1H2,(H,7,8)(H,10,11)(H,12,13);/q;;+2. The Kier molecular flexibility index (Phi) is 12.2. The Morgan fingerprint density at radius 3 is 1.59 bits per heavy atom. The van der Waals surface area contributed by atoms with Crippen LogP contribution >= 0.6 is 0 Å². The van der Waals surface area contributed by atoms with Gasteiger partial charge in [-0.15, -0.1) is 0 Å². The summed E-state index contributed by atoms with van der Waals surface area (Å²) in [6, 6.07) is 0.562. The van der Waals surface area contributed by atoms with Crippen LogP contribution < -0.4 is 11.5 Å². The van der Waals surface area contributed by atoms with Gasteiger partial charge >= 0.3 is 39.0 Å². The minimum Gasteiger partial charge on any atom is -0.481 e. The molecule has 0 spiro atoms. The van der Waals surface area contributed by atoms with Crippen LogP contribution in [0, 0.1) is 5.92 Å². The molecule has 0 bridgehead atoms. The molecule has 4 unspecified atom stereocenters. The molecule has 0 radical (unpaired) electrons. The molecule has 1 fully saturated rings. The molecule has 8 N–H and O–H groups in total. The number of carboxylic acids is 3. The van der Waals surface area contributed by atoms with Crippen molar-refractivity contribution < 1.29 is 55.9 Å². The van der Waals surface area contributed by atoms with Gasteiger partial charge in [0.25, 0.3) is 0 Å². The maximum Gasteiger partial charge on any atom is 2.00 e. The van der Waals surface area contributed by atoms with E-state index in [0.29, 0.717) is 0 Å². The molecule has 0 aromatic rings. The van der Waals surface area contributed by atoms with Gasteiger partial charge in [-0.3, -0.25) is 9.59 Å². The third kappa shape index (κ3) is 9.09. The van der Waals surface area contributed by atoms with Crippen molar-refractivity contribution in [3.63, 3.8) is 0 Å². The van der Waals surface area contributed by atoms with E-state index in [1.807, 2.05) is 0 Å². The minimum absolute atomic E-state index is 0. The van der Waals surface area contributed by atoms with Gasteiger partial charge in [0.2, 0.25) is 0 Å². The summed E-state index contributed by atoms with van der Waals surface area (Å²) in [4.78, 5) is 30.5. The number of hydrogen-bond acceptors (Lipinski definition) is 6. The first-order chi connectivity index (χ1) is 9.66. The summed E-state index contributed by atoms with van der Waals surface area (Å²) in [6.45, 7) is 0. The molecule has 9 nitrogen and oxygen atoms in total. The van der Waals surface area contributed by atoms with Crippen LogP contribution in [0.4, 0.5) is 0 Å². The second kappa shape index (κ2) is 11.5. The van der Waals surface area contributed by atoms with Gasteiger partial charge in [0.1, 0.15) is 5.92 Å². The Morgan fingerprint density at radius 2 is 1.36 bits per heavy atom. The van der Waals surface area contributed by atoms with Crippen molar-refractivity contribution in [2.45, 2.75) is 50.3 Å². The molecule has 0 heterocycles. The third-order valence-corrected chi connectivity index (χ3v) is 3.22. The van der Waals surface area contributed by atoms with Gasteiger partial charge in [0.05, 0.1) is 6.42 Å². The van der Waals surface area contributed by atoms with Crippen molar-refractivity contribution in [1.29, 1.82) is 0 Å². The van der Waals surface area contributed by atoms with Crippen molar-refractivity contribution in [2.24, 2.45) is 17.4 Å². The monoisotopic (exact) mass is 501 g/mol. The van der Waals surface area contributed by atoms with Crippen LogP contribution in [0.5, 0.6) is 0 Å². The predicted molar refractivity (Wildman–Crippen MR) is 71.4 cm³/mol. The van der Waals surface area contributed by atoms with Crippen LogP contribution in [0.3, 0.4) is 0 Å². The average Bonchev–Trinajstić information content (AvgIpc) is 2.39. The number of rotatable bonds is 5. The van der Waals surface area contributed by atoms with Crippen LogP contribution in [0.2, 0.25) is 0 Å². The SMILES string of the molecule is NC1CCCCC1N.O=C(O)CC(C(=O)O)C(O)C(=O)O.[Pt+2]. The van der Waals surface area contributed by atoms with Crippen LogP contribution in [0.15, 0.2) is 0 Å². The maximum atomic E-state index is 10.3. The fraction of sp³-hybridized carbons (Fsp3) is 0.750. The molecule has 4 atom stereocenters. The number of aliphatic hydroxyl groups is 1. The Morgan fingerprint density at radius 1 is 0.955 bits per heavy atom. The van der Waals surface area contributed by atoms with Gasteiger partial charge in [0.15, 0.2) is 6.10 Å². The molecule has 0 aromatic carbocycles. The summed E-state index contributed by atoms with van der Waals surface area (Å²) < 4.78 is 0. The number of carboxylic acid groups (broad SMARTS) is 3. The van der Waals surface area contributed by atoms with Gasteiger partial charge in [-0.1, -0.05) is 12.8 Å². The average molecular weight is 501 g/mol. The topological polar surface area (TPSA) is 184 Å². The van der Waals surface area contributed by atoms with E-state index in [4.69, 9.17) is 31.9 Å². The van der Waals surface area contributed by atoms with E-state index in [2.05, 4.69) is 0 Å². The van der Waals surface area contributed by atoms with E-state index in [1.165, 1.54) is 12.8 Å². The quantitative estimate of drug-likeness (QED) is 0.270. The first kappa shape index (κ1) is 23.2. The zero-order chi connectivity index (χ0) is 16.6. The number of aliphatic carboxylic acids is 3.